The van der Waals surface area contributed by atoms with E-state index in [0.29, 0.717) is 24.1 Å². The lowest BCUT2D eigenvalue weighted by molar-refractivity contribution is 0.479. The molecule has 2 aromatic heterocycles. The molecule has 2 rings (SSSR count). The molecule has 0 saturated heterocycles. The molecule has 0 aliphatic rings. The zero-order valence-corrected chi connectivity index (χ0v) is 9.42. The van der Waals surface area contributed by atoms with E-state index in [2.05, 4.69) is 10.1 Å². The molecular weight excluding hydrogens is 206 g/mol. The van der Waals surface area contributed by atoms with Crippen molar-refractivity contribution in [2.24, 2.45) is 18.7 Å². The molecule has 1 unspecified atom stereocenters. The Bertz CT molecular complexity index is 556. The van der Waals surface area contributed by atoms with Crippen molar-refractivity contribution >= 4 is 11.0 Å². The summed E-state index contributed by atoms with van der Waals surface area (Å²) in [5, 5.41) is 4.56. The van der Waals surface area contributed by atoms with Gasteiger partial charge in [0, 0.05) is 13.6 Å². The number of hydrogen-bond acceptors (Lipinski definition) is 4. The van der Waals surface area contributed by atoms with Crippen molar-refractivity contribution in [3.63, 3.8) is 0 Å². The molecule has 0 saturated carbocycles. The van der Waals surface area contributed by atoms with E-state index in [9.17, 15) is 4.79 Å². The molecule has 0 radical (unpaired) electrons. The maximum atomic E-state index is 12.0. The van der Waals surface area contributed by atoms with Crippen molar-refractivity contribution in [2.45, 2.75) is 13.5 Å². The predicted octanol–water partition coefficient (Wildman–Crippen LogP) is -0.275. The quantitative estimate of drug-likeness (QED) is 0.773. The zero-order valence-electron chi connectivity index (χ0n) is 9.42. The van der Waals surface area contributed by atoms with E-state index in [4.69, 9.17) is 5.73 Å². The molecule has 0 amide bonds. The second kappa shape index (κ2) is 4.05. The van der Waals surface area contributed by atoms with Crippen LogP contribution in [0.4, 0.5) is 0 Å². The normalized spacial score (nSPS) is 13.2. The van der Waals surface area contributed by atoms with E-state index in [1.807, 2.05) is 6.92 Å². The van der Waals surface area contributed by atoms with E-state index in [0.717, 1.165) is 0 Å². The van der Waals surface area contributed by atoms with Gasteiger partial charge in [0.05, 0.1) is 12.5 Å². The summed E-state index contributed by atoms with van der Waals surface area (Å²) in [6, 6.07) is 0. The number of aromatic nitrogens is 4. The summed E-state index contributed by atoms with van der Waals surface area (Å²) in [4.78, 5) is 16.2. The predicted molar refractivity (Wildman–Crippen MR) is 61.0 cm³/mol. The topological polar surface area (TPSA) is 78.7 Å². The second-order valence-corrected chi connectivity index (χ2v) is 4.05. The third kappa shape index (κ3) is 1.71. The van der Waals surface area contributed by atoms with Crippen molar-refractivity contribution in [1.29, 1.82) is 0 Å². The van der Waals surface area contributed by atoms with Crippen LogP contribution < -0.4 is 11.3 Å². The van der Waals surface area contributed by atoms with Gasteiger partial charge in [-0.05, 0) is 12.5 Å². The average Bonchev–Trinajstić information content (AvgIpc) is 2.65. The summed E-state index contributed by atoms with van der Waals surface area (Å²) in [6.45, 7) is 3.14. The molecule has 16 heavy (non-hydrogen) atoms. The molecule has 86 valence electrons. The Hall–Kier alpha value is -1.69. The van der Waals surface area contributed by atoms with E-state index < -0.39 is 0 Å². The molecule has 1 atom stereocenters. The van der Waals surface area contributed by atoms with Gasteiger partial charge in [-0.15, -0.1) is 0 Å². The lowest BCUT2D eigenvalue weighted by Gasteiger charge is -2.10. The van der Waals surface area contributed by atoms with Gasteiger partial charge in [0.25, 0.3) is 5.56 Å². The van der Waals surface area contributed by atoms with Gasteiger partial charge in [-0.3, -0.25) is 14.0 Å². The van der Waals surface area contributed by atoms with Crippen LogP contribution in [0.25, 0.3) is 11.0 Å². The van der Waals surface area contributed by atoms with Crippen molar-refractivity contribution < 1.29 is 0 Å². The summed E-state index contributed by atoms with van der Waals surface area (Å²) in [5.41, 5.74) is 6.09. The SMILES string of the molecule is CC(CN)Cn1cnc2c(cnn2C)c1=O. The largest absolute Gasteiger partial charge is 0.330 e. The molecule has 0 fully saturated rings. The van der Waals surface area contributed by atoms with Crippen molar-refractivity contribution in [2.75, 3.05) is 6.54 Å². The third-order valence-corrected chi connectivity index (χ3v) is 2.63. The second-order valence-electron chi connectivity index (χ2n) is 4.05. The summed E-state index contributed by atoms with van der Waals surface area (Å²) in [7, 11) is 1.77. The van der Waals surface area contributed by atoms with Crippen molar-refractivity contribution in [3.8, 4) is 0 Å². The van der Waals surface area contributed by atoms with Gasteiger partial charge in [-0.1, -0.05) is 6.92 Å². The highest BCUT2D eigenvalue weighted by atomic mass is 16.1. The molecule has 0 bridgehead atoms. The number of nitrogens with two attached hydrogens (primary N) is 1. The van der Waals surface area contributed by atoms with E-state index in [1.165, 1.54) is 0 Å². The van der Waals surface area contributed by atoms with E-state index >= 15 is 0 Å². The fraction of sp³-hybridized carbons (Fsp3) is 0.500. The molecule has 0 spiro atoms. The lowest BCUT2D eigenvalue weighted by atomic mass is 10.2. The Labute approximate surface area is 92.7 Å². The Morgan fingerprint density at radius 1 is 1.56 bits per heavy atom. The van der Waals surface area contributed by atoms with Crippen LogP contribution in [0.1, 0.15) is 6.92 Å². The summed E-state index contributed by atoms with van der Waals surface area (Å²) in [6.07, 6.45) is 3.10. The fourth-order valence-electron chi connectivity index (χ4n) is 1.61. The molecule has 2 heterocycles. The van der Waals surface area contributed by atoms with Crippen molar-refractivity contribution in [3.05, 3.63) is 22.9 Å². The van der Waals surface area contributed by atoms with Gasteiger partial charge < -0.3 is 5.73 Å². The van der Waals surface area contributed by atoms with Crippen LogP contribution in [0.3, 0.4) is 0 Å². The summed E-state index contributed by atoms with van der Waals surface area (Å²) < 4.78 is 3.18. The minimum Gasteiger partial charge on any atom is -0.330 e. The smallest absolute Gasteiger partial charge is 0.264 e. The van der Waals surface area contributed by atoms with E-state index in [-0.39, 0.29) is 11.5 Å². The third-order valence-electron chi connectivity index (χ3n) is 2.63. The number of nitrogens with zero attached hydrogens (tertiary/aromatic N) is 4. The number of aryl methyl sites for hydroxylation is 1. The van der Waals surface area contributed by atoms with Crippen LogP contribution in [0.15, 0.2) is 17.3 Å². The minimum absolute atomic E-state index is 0.0570. The molecular formula is C10H15N5O. The van der Waals surface area contributed by atoms with Crippen LogP contribution in [0, 0.1) is 5.92 Å². The monoisotopic (exact) mass is 221 g/mol. The van der Waals surface area contributed by atoms with Crippen LogP contribution in [-0.2, 0) is 13.6 Å². The van der Waals surface area contributed by atoms with Gasteiger partial charge >= 0.3 is 0 Å². The first-order chi connectivity index (χ1) is 7.63. The molecule has 0 aliphatic heterocycles. The zero-order chi connectivity index (χ0) is 11.7. The molecule has 0 aromatic carbocycles. The van der Waals surface area contributed by atoms with Crippen LogP contribution in [0.2, 0.25) is 0 Å². The number of hydrogen-bond donors (Lipinski definition) is 1. The van der Waals surface area contributed by atoms with Crippen LogP contribution in [0.5, 0.6) is 0 Å². The summed E-state index contributed by atoms with van der Waals surface area (Å²) >= 11 is 0. The lowest BCUT2D eigenvalue weighted by Crippen LogP contribution is -2.26. The summed E-state index contributed by atoms with van der Waals surface area (Å²) in [5.74, 6) is 0.258. The van der Waals surface area contributed by atoms with Gasteiger partial charge in [0.1, 0.15) is 5.39 Å². The highest BCUT2D eigenvalue weighted by Gasteiger charge is 2.09. The van der Waals surface area contributed by atoms with Crippen LogP contribution >= 0.6 is 0 Å². The maximum absolute atomic E-state index is 12.0. The van der Waals surface area contributed by atoms with Gasteiger partial charge in [0.2, 0.25) is 0 Å². The first-order valence-electron chi connectivity index (χ1n) is 5.20. The van der Waals surface area contributed by atoms with Crippen molar-refractivity contribution in [1.82, 2.24) is 19.3 Å². The van der Waals surface area contributed by atoms with E-state index in [1.54, 1.807) is 28.8 Å². The van der Waals surface area contributed by atoms with Gasteiger partial charge in [0.15, 0.2) is 5.65 Å². The Morgan fingerprint density at radius 3 is 3.00 bits per heavy atom. The average molecular weight is 221 g/mol. The minimum atomic E-state index is -0.0570. The fourth-order valence-corrected chi connectivity index (χ4v) is 1.61. The standard InChI is InChI=1S/C10H15N5O/c1-7(3-11)5-15-6-12-9-8(10(15)16)4-13-14(9)2/h4,6-7H,3,5,11H2,1-2H3. The van der Waals surface area contributed by atoms with Gasteiger partial charge in [-0.25, -0.2) is 4.98 Å². The highest BCUT2D eigenvalue weighted by molar-refractivity contribution is 5.72. The van der Waals surface area contributed by atoms with Gasteiger partial charge in [-0.2, -0.15) is 5.10 Å². The maximum Gasteiger partial charge on any atom is 0.264 e. The van der Waals surface area contributed by atoms with Crippen LogP contribution in [-0.4, -0.2) is 25.9 Å². The highest BCUT2D eigenvalue weighted by Crippen LogP contribution is 2.04. The molecule has 2 aromatic rings. The Morgan fingerprint density at radius 2 is 2.31 bits per heavy atom. The molecule has 2 N–H and O–H groups in total. The Kier molecular flexibility index (Phi) is 2.74. The molecule has 6 nitrogen and oxygen atoms in total. The first-order valence-corrected chi connectivity index (χ1v) is 5.20. The number of rotatable bonds is 3. The first kappa shape index (κ1) is 10.8. The molecule has 6 heteroatoms. The number of fused-ring (bicyclic) bond motifs is 1. The Balaban J connectivity index is 2.49. The molecule has 0 aliphatic carbocycles.